The lowest BCUT2D eigenvalue weighted by Crippen LogP contribution is -2.35. The van der Waals surface area contributed by atoms with Crippen molar-refractivity contribution in [3.05, 3.63) is 28.8 Å². The predicted molar refractivity (Wildman–Crippen MR) is 76.6 cm³/mol. The van der Waals surface area contributed by atoms with E-state index < -0.39 is 0 Å². The summed E-state index contributed by atoms with van der Waals surface area (Å²) in [5, 5.41) is 4.37. The Kier molecular flexibility index (Phi) is 5.33. The number of halogens is 1. The Morgan fingerprint density at radius 3 is 3.00 bits per heavy atom. The first kappa shape index (κ1) is 13.7. The predicted octanol–water partition coefficient (Wildman–Crippen LogP) is 3.81. The summed E-state index contributed by atoms with van der Waals surface area (Å²) in [5.41, 5.74) is 1.16. The highest BCUT2D eigenvalue weighted by Gasteiger charge is 2.12. The summed E-state index contributed by atoms with van der Waals surface area (Å²) >= 11 is 6.09. The van der Waals surface area contributed by atoms with Gasteiger partial charge >= 0.3 is 0 Å². The Bertz CT molecular complexity index is 375. The van der Waals surface area contributed by atoms with Crippen LogP contribution in [0, 0.1) is 0 Å². The van der Waals surface area contributed by atoms with Crippen molar-refractivity contribution in [1.82, 2.24) is 5.32 Å². The van der Waals surface area contributed by atoms with Crippen LogP contribution in [0.15, 0.2) is 18.2 Å². The van der Waals surface area contributed by atoms with Crippen molar-refractivity contribution >= 4 is 11.6 Å². The zero-order chi connectivity index (χ0) is 12.8. The highest BCUT2D eigenvalue weighted by atomic mass is 35.5. The summed E-state index contributed by atoms with van der Waals surface area (Å²) in [6.07, 6.45) is 5.97. The molecule has 3 heteroatoms. The lowest BCUT2D eigenvalue weighted by Gasteiger charge is -2.23. The number of nitrogens with one attached hydrogen (secondary N) is 1. The second-order valence-electron chi connectivity index (χ2n) is 4.89. The van der Waals surface area contributed by atoms with Crippen LogP contribution in [-0.4, -0.2) is 19.2 Å². The van der Waals surface area contributed by atoms with Crippen molar-refractivity contribution in [1.29, 1.82) is 0 Å². The van der Waals surface area contributed by atoms with Crippen LogP contribution in [0.4, 0.5) is 0 Å². The molecule has 2 rings (SSSR count). The van der Waals surface area contributed by atoms with Gasteiger partial charge in [-0.2, -0.15) is 0 Å². The number of benzene rings is 1. The van der Waals surface area contributed by atoms with Crippen molar-refractivity contribution in [3.8, 4) is 5.75 Å². The zero-order valence-corrected chi connectivity index (χ0v) is 11.8. The van der Waals surface area contributed by atoms with E-state index in [0.717, 1.165) is 42.3 Å². The smallest absolute Gasteiger partial charge is 0.119 e. The van der Waals surface area contributed by atoms with Gasteiger partial charge in [0, 0.05) is 11.1 Å². The minimum atomic E-state index is 0.636. The normalized spacial score (nSPS) is 19.8. The van der Waals surface area contributed by atoms with E-state index in [1.54, 1.807) is 0 Å². The van der Waals surface area contributed by atoms with Gasteiger partial charge in [-0.15, -0.1) is 0 Å². The highest BCUT2D eigenvalue weighted by molar-refractivity contribution is 6.31. The maximum atomic E-state index is 6.09. The van der Waals surface area contributed by atoms with Crippen LogP contribution in [0.2, 0.25) is 5.02 Å². The third-order valence-corrected chi connectivity index (χ3v) is 3.91. The SMILES string of the molecule is CCc1cc(OCCC2CCCCN2)ccc1Cl. The van der Waals surface area contributed by atoms with Gasteiger partial charge in [-0.05, 0) is 56.0 Å². The molecule has 1 heterocycles. The van der Waals surface area contributed by atoms with Gasteiger partial charge in [0.25, 0.3) is 0 Å². The van der Waals surface area contributed by atoms with E-state index in [2.05, 4.69) is 18.3 Å². The van der Waals surface area contributed by atoms with Crippen LogP contribution < -0.4 is 10.1 Å². The molecule has 0 amide bonds. The molecule has 0 aliphatic carbocycles. The van der Waals surface area contributed by atoms with Gasteiger partial charge in [-0.3, -0.25) is 0 Å². The lowest BCUT2D eigenvalue weighted by atomic mass is 10.0. The van der Waals surface area contributed by atoms with Crippen molar-refractivity contribution < 1.29 is 4.74 Å². The molecule has 2 nitrogen and oxygen atoms in total. The van der Waals surface area contributed by atoms with E-state index in [9.17, 15) is 0 Å². The van der Waals surface area contributed by atoms with Gasteiger partial charge in [0.15, 0.2) is 0 Å². The standard InChI is InChI=1S/C15H22ClNO/c1-2-12-11-14(6-7-15(12)16)18-10-8-13-5-3-4-9-17-13/h6-7,11,13,17H,2-5,8-10H2,1H3. The van der Waals surface area contributed by atoms with E-state index >= 15 is 0 Å². The first-order chi connectivity index (χ1) is 8.79. The number of aryl methyl sites for hydroxylation is 1. The Morgan fingerprint density at radius 1 is 1.39 bits per heavy atom. The third kappa shape index (κ3) is 3.89. The first-order valence-corrected chi connectivity index (χ1v) is 7.32. The number of hydrogen-bond acceptors (Lipinski definition) is 2. The fourth-order valence-electron chi connectivity index (χ4n) is 2.40. The van der Waals surface area contributed by atoms with E-state index in [1.807, 2.05) is 12.1 Å². The van der Waals surface area contributed by atoms with Crippen molar-refractivity contribution in [2.75, 3.05) is 13.2 Å². The molecule has 1 N–H and O–H groups in total. The first-order valence-electron chi connectivity index (χ1n) is 6.94. The van der Waals surface area contributed by atoms with Crippen LogP contribution in [0.5, 0.6) is 5.75 Å². The molecule has 0 bridgehead atoms. The maximum Gasteiger partial charge on any atom is 0.119 e. The zero-order valence-electron chi connectivity index (χ0n) is 11.0. The van der Waals surface area contributed by atoms with E-state index in [1.165, 1.54) is 19.3 Å². The number of ether oxygens (including phenoxy) is 1. The topological polar surface area (TPSA) is 21.3 Å². The molecule has 0 spiro atoms. The number of rotatable bonds is 5. The molecule has 1 aliphatic rings. The molecule has 18 heavy (non-hydrogen) atoms. The highest BCUT2D eigenvalue weighted by Crippen LogP contribution is 2.22. The molecule has 1 saturated heterocycles. The molecule has 1 aromatic rings. The van der Waals surface area contributed by atoms with Crippen molar-refractivity contribution in [2.24, 2.45) is 0 Å². The summed E-state index contributed by atoms with van der Waals surface area (Å²) in [6, 6.07) is 6.57. The average molecular weight is 268 g/mol. The summed E-state index contributed by atoms with van der Waals surface area (Å²) in [4.78, 5) is 0. The van der Waals surface area contributed by atoms with E-state index in [-0.39, 0.29) is 0 Å². The molecule has 1 atom stereocenters. The van der Waals surface area contributed by atoms with Gasteiger partial charge in [-0.1, -0.05) is 24.9 Å². The minimum Gasteiger partial charge on any atom is -0.494 e. The Morgan fingerprint density at radius 2 is 2.28 bits per heavy atom. The van der Waals surface area contributed by atoms with Crippen LogP contribution in [0.25, 0.3) is 0 Å². The van der Waals surface area contributed by atoms with Crippen LogP contribution in [-0.2, 0) is 6.42 Å². The van der Waals surface area contributed by atoms with E-state index in [4.69, 9.17) is 16.3 Å². The summed E-state index contributed by atoms with van der Waals surface area (Å²) < 4.78 is 5.81. The summed E-state index contributed by atoms with van der Waals surface area (Å²) in [6.45, 7) is 4.05. The molecule has 1 fully saturated rings. The van der Waals surface area contributed by atoms with Crippen LogP contribution >= 0.6 is 11.6 Å². The largest absolute Gasteiger partial charge is 0.494 e. The average Bonchev–Trinajstić information content (AvgIpc) is 2.42. The number of piperidine rings is 1. The Labute approximate surface area is 115 Å². The second kappa shape index (κ2) is 7.01. The molecule has 0 aromatic heterocycles. The fourth-order valence-corrected chi connectivity index (χ4v) is 2.65. The quantitative estimate of drug-likeness (QED) is 0.876. The molecule has 1 aliphatic heterocycles. The molecular weight excluding hydrogens is 246 g/mol. The Balaban J connectivity index is 1.79. The summed E-state index contributed by atoms with van der Waals surface area (Å²) in [7, 11) is 0. The molecule has 0 saturated carbocycles. The second-order valence-corrected chi connectivity index (χ2v) is 5.30. The fraction of sp³-hybridized carbons (Fsp3) is 0.600. The molecule has 100 valence electrons. The van der Waals surface area contributed by atoms with Gasteiger partial charge in [0.2, 0.25) is 0 Å². The molecule has 0 radical (unpaired) electrons. The van der Waals surface area contributed by atoms with Crippen LogP contribution in [0.3, 0.4) is 0 Å². The Hall–Kier alpha value is -0.730. The minimum absolute atomic E-state index is 0.636. The number of hydrogen-bond donors (Lipinski definition) is 1. The summed E-state index contributed by atoms with van der Waals surface area (Å²) in [5.74, 6) is 0.937. The van der Waals surface area contributed by atoms with Gasteiger partial charge in [0.05, 0.1) is 6.61 Å². The van der Waals surface area contributed by atoms with Crippen molar-refractivity contribution in [2.45, 2.75) is 45.1 Å². The molecular formula is C15H22ClNO. The third-order valence-electron chi connectivity index (χ3n) is 3.55. The lowest BCUT2D eigenvalue weighted by molar-refractivity contribution is 0.268. The maximum absolute atomic E-state index is 6.09. The van der Waals surface area contributed by atoms with Crippen molar-refractivity contribution in [3.63, 3.8) is 0 Å². The van der Waals surface area contributed by atoms with Crippen LogP contribution in [0.1, 0.15) is 38.2 Å². The molecule has 1 aromatic carbocycles. The van der Waals surface area contributed by atoms with Gasteiger partial charge in [-0.25, -0.2) is 0 Å². The monoisotopic (exact) mass is 267 g/mol. The molecule has 1 unspecified atom stereocenters. The van der Waals surface area contributed by atoms with Gasteiger partial charge in [0.1, 0.15) is 5.75 Å². The van der Waals surface area contributed by atoms with E-state index in [0.29, 0.717) is 6.04 Å². The van der Waals surface area contributed by atoms with Gasteiger partial charge < -0.3 is 10.1 Å².